The highest BCUT2D eigenvalue weighted by atomic mass is 32.2. The monoisotopic (exact) mass is 422 g/mol. The van der Waals surface area contributed by atoms with E-state index in [9.17, 15) is 4.79 Å². The number of benzene rings is 2. The first-order valence-corrected chi connectivity index (χ1v) is 10.4. The Morgan fingerprint density at radius 1 is 0.967 bits per heavy atom. The normalized spacial score (nSPS) is 12.6. The number of fused-ring (bicyclic) bond motifs is 1. The molecule has 1 aromatic heterocycles. The molecule has 1 aliphatic rings. The second kappa shape index (κ2) is 8.67. The number of hydrogen-bond donors (Lipinski definition) is 0. The molecule has 1 amide bonds. The molecule has 4 rings (SSSR count). The second-order valence-corrected chi connectivity index (χ2v) is 7.66. The van der Waals surface area contributed by atoms with Gasteiger partial charge in [0.05, 0.1) is 27.8 Å². The van der Waals surface area contributed by atoms with Gasteiger partial charge in [-0.3, -0.25) is 4.79 Å². The van der Waals surface area contributed by atoms with Gasteiger partial charge in [-0.05, 0) is 41.3 Å². The third-order valence-electron chi connectivity index (χ3n) is 4.90. The number of nitrogens with zero attached hydrogens (tertiary/aromatic N) is 2. The Kier molecular flexibility index (Phi) is 5.81. The van der Waals surface area contributed by atoms with Gasteiger partial charge in [-0.25, -0.2) is 9.29 Å². The molecule has 0 bridgehead atoms. The molecule has 0 saturated heterocycles. The Morgan fingerprint density at radius 2 is 1.67 bits per heavy atom. The molecule has 0 N–H and O–H groups in total. The van der Waals surface area contributed by atoms with Gasteiger partial charge in [-0.1, -0.05) is 30.3 Å². The van der Waals surface area contributed by atoms with Gasteiger partial charge in [0.15, 0.2) is 11.5 Å². The van der Waals surface area contributed by atoms with Crippen molar-refractivity contribution in [3.63, 3.8) is 0 Å². The molecule has 3 aromatic rings. The Labute approximate surface area is 179 Å². The second-order valence-electron chi connectivity index (χ2n) is 6.74. The summed E-state index contributed by atoms with van der Waals surface area (Å²) in [5.41, 5.74) is 3.84. The highest BCUT2D eigenvalue weighted by molar-refractivity contribution is 8.00. The van der Waals surface area contributed by atoms with Crippen LogP contribution in [0.3, 0.4) is 0 Å². The van der Waals surface area contributed by atoms with Crippen LogP contribution in [0.2, 0.25) is 0 Å². The summed E-state index contributed by atoms with van der Waals surface area (Å²) in [5.74, 6) is 3.14. The molecule has 2 heterocycles. The average Bonchev–Trinajstić information content (AvgIpc) is 3.11. The van der Waals surface area contributed by atoms with Crippen LogP contribution >= 0.6 is 11.9 Å². The number of carbonyl (C=O) groups excluding carboxylic acids is 1. The predicted molar refractivity (Wildman–Crippen MR) is 118 cm³/mol. The summed E-state index contributed by atoms with van der Waals surface area (Å²) in [4.78, 5) is 17.2. The van der Waals surface area contributed by atoms with Crippen molar-refractivity contribution in [1.29, 1.82) is 0 Å². The van der Waals surface area contributed by atoms with E-state index in [1.54, 1.807) is 31.8 Å². The summed E-state index contributed by atoms with van der Waals surface area (Å²) >= 11 is 1.47. The lowest BCUT2D eigenvalue weighted by atomic mass is 10.0. The van der Waals surface area contributed by atoms with Crippen molar-refractivity contribution in [2.75, 3.05) is 25.6 Å². The third kappa shape index (κ3) is 3.80. The van der Waals surface area contributed by atoms with Crippen molar-refractivity contribution in [3.8, 4) is 28.4 Å². The molecular formula is C23H22N2O4S. The van der Waals surface area contributed by atoms with E-state index in [1.807, 2.05) is 36.4 Å². The lowest BCUT2D eigenvalue weighted by Crippen LogP contribution is -2.19. The number of aromatic nitrogens is 1. The van der Waals surface area contributed by atoms with Gasteiger partial charge < -0.3 is 14.2 Å². The van der Waals surface area contributed by atoms with E-state index in [-0.39, 0.29) is 5.91 Å². The number of rotatable bonds is 7. The number of pyridine rings is 1. The Bertz CT molecular complexity index is 1050. The minimum Gasteiger partial charge on any atom is -0.493 e. The van der Waals surface area contributed by atoms with Crippen molar-refractivity contribution < 1.29 is 19.0 Å². The smallest absolute Gasteiger partial charge is 0.242 e. The van der Waals surface area contributed by atoms with Gasteiger partial charge in [-0.2, -0.15) is 0 Å². The molecule has 7 heteroatoms. The molecule has 2 aromatic carbocycles. The zero-order valence-electron chi connectivity index (χ0n) is 17.0. The highest BCUT2D eigenvalue weighted by Crippen LogP contribution is 2.42. The fraction of sp³-hybridized carbons (Fsp3) is 0.217. The lowest BCUT2D eigenvalue weighted by molar-refractivity contribution is -0.116. The van der Waals surface area contributed by atoms with Crippen molar-refractivity contribution >= 4 is 23.7 Å². The van der Waals surface area contributed by atoms with Gasteiger partial charge in [0.2, 0.25) is 11.7 Å². The minimum atomic E-state index is 0.0421. The number of ether oxygens (including phenoxy) is 3. The van der Waals surface area contributed by atoms with Crippen LogP contribution in [0.5, 0.6) is 17.2 Å². The first-order chi connectivity index (χ1) is 14.6. The molecule has 30 heavy (non-hydrogen) atoms. The van der Waals surface area contributed by atoms with E-state index in [0.29, 0.717) is 35.2 Å². The standard InChI is InChI=1S/C23H22N2O4S/c1-27-19-10-16(11-20(28-2)22(19)29-3)18-9-17-12-21(26)25(23(17)24-13-18)30-14-15-7-5-4-6-8-15/h4-11,13H,12,14H2,1-3H3. The van der Waals surface area contributed by atoms with E-state index < -0.39 is 0 Å². The van der Waals surface area contributed by atoms with Gasteiger partial charge in [0.1, 0.15) is 5.82 Å². The molecular weight excluding hydrogens is 400 g/mol. The fourth-order valence-electron chi connectivity index (χ4n) is 3.42. The van der Waals surface area contributed by atoms with Crippen molar-refractivity contribution in [2.45, 2.75) is 12.2 Å². The molecule has 0 spiro atoms. The maximum absolute atomic E-state index is 12.6. The maximum Gasteiger partial charge on any atom is 0.242 e. The zero-order chi connectivity index (χ0) is 21.1. The van der Waals surface area contributed by atoms with Crippen LogP contribution in [0.4, 0.5) is 5.82 Å². The summed E-state index contributed by atoms with van der Waals surface area (Å²) < 4.78 is 18.0. The first kappa shape index (κ1) is 20.1. The summed E-state index contributed by atoms with van der Waals surface area (Å²) in [6.07, 6.45) is 2.11. The van der Waals surface area contributed by atoms with Crippen LogP contribution in [-0.2, 0) is 17.0 Å². The van der Waals surface area contributed by atoms with Crippen LogP contribution in [0.15, 0.2) is 54.7 Å². The molecule has 1 aliphatic heterocycles. The first-order valence-electron chi connectivity index (χ1n) is 9.43. The van der Waals surface area contributed by atoms with Crippen LogP contribution in [0.25, 0.3) is 11.1 Å². The summed E-state index contributed by atoms with van der Waals surface area (Å²) in [6, 6.07) is 15.8. The fourth-order valence-corrected chi connectivity index (χ4v) is 4.39. The maximum atomic E-state index is 12.6. The third-order valence-corrected chi connectivity index (χ3v) is 6.00. The number of amides is 1. The Balaban J connectivity index is 1.62. The molecule has 0 radical (unpaired) electrons. The van der Waals surface area contributed by atoms with Crippen molar-refractivity contribution in [1.82, 2.24) is 4.98 Å². The van der Waals surface area contributed by atoms with Crippen molar-refractivity contribution in [3.05, 3.63) is 65.9 Å². The molecule has 6 nitrogen and oxygen atoms in total. The summed E-state index contributed by atoms with van der Waals surface area (Å²) in [7, 11) is 4.75. The quantitative estimate of drug-likeness (QED) is 0.522. The predicted octanol–water partition coefficient (Wildman–Crippen LogP) is 4.51. The SMILES string of the molecule is COc1cc(-c2cnc3c(c2)CC(=O)N3SCc2ccccc2)cc(OC)c1OC. The number of anilines is 1. The van der Waals surface area contributed by atoms with Gasteiger partial charge >= 0.3 is 0 Å². The Morgan fingerprint density at radius 3 is 2.30 bits per heavy atom. The molecule has 0 saturated carbocycles. The minimum absolute atomic E-state index is 0.0421. The Hall–Kier alpha value is -3.19. The topological polar surface area (TPSA) is 60.9 Å². The average molecular weight is 423 g/mol. The van der Waals surface area contributed by atoms with Crippen LogP contribution in [0, 0.1) is 0 Å². The highest BCUT2D eigenvalue weighted by Gasteiger charge is 2.30. The molecule has 0 unspecified atom stereocenters. The van der Waals surface area contributed by atoms with Crippen molar-refractivity contribution in [2.24, 2.45) is 0 Å². The van der Waals surface area contributed by atoms with Gasteiger partial charge in [0, 0.05) is 23.1 Å². The van der Waals surface area contributed by atoms with Crippen LogP contribution in [0.1, 0.15) is 11.1 Å². The van der Waals surface area contributed by atoms with Crippen LogP contribution in [-0.4, -0.2) is 32.2 Å². The van der Waals surface area contributed by atoms with Crippen LogP contribution < -0.4 is 18.5 Å². The molecule has 0 aliphatic carbocycles. The molecule has 0 atom stereocenters. The summed E-state index contributed by atoms with van der Waals surface area (Å²) in [5, 5.41) is 0. The van der Waals surface area contributed by atoms with E-state index >= 15 is 0 Å². The van der Waals surface area contributed by atoms with Gasteiger partial charge in [0.25, 0.3) is 0 Å². The molecule has 154 valence electrons. The zero-order valence-corrected chi connectivity index (χ0v) is 17.9. The van der Waals surface area contributed by atoms with Gasteiger partial charge in [-0.15, -0.1) is 0 Å². The van der Waals surface area contributed by atoms with E-state index in [2.05, 4.69) is 17.1 Å². The number of carbonyl (C=O) groups is 1. The van der Waals surface area contributed by atoms with E-state index in [1.165, 1.54) is 11.9 Å². The van der Waals surface area contributed by atoms with E-state index in [0.717, 1.165) is 22.3 Å². The molecule has 0 fully saturated rings. The number of hydrogen-bond acceptors (Lipinski definition) is 6. The van der Waals surface area contributed by atoms with E-state index in [4.69, 9.17) is 14.2 Å². The number of methoxy groups -OCH3 is 3. The summed E-state index contributed by atoms with van der Waals surface area (Å²) in [6.45, 7) is 0. The largest absolute Gasteiger partial charge is 0.493 e. The lowest BCUT2D eigenvalue weighted by Gasteiger charge is -2.16.